The van der Waals surface area contributed by atoms with Crippen molar-refractivity contribution in [3.05, 3.63) is 102 Å². The van der Waals surface area contributed by atoms with Crippen molar-refractivity contribution in [2.45, 2.75) is 19.4 Å². The molecule has 9 heteroatoms. The molecule has 1 aliphatic heterocycles. The highest BCUT2D eigenvalue weighted by atomic mass is 32.2. The minimum Gasteiger partial charge on any atom is -0.415 e. The van der Waals surface area contributed by atoms with Crippen molar-refractivity contribution in [3.63, 3.8) is 0 Å². The maximum absolute atomic E-state index is 12.8. The second-order valence-corrected chi connectivity index (χ2v) is 10.7. The Labute approximate surface area is 232 Å². The van der Waals surface area contributed by atoms with E-state index in [4.69, 9.17) is 4.42 Å². The molecule has 0 bridgehead atoms. The van der Waals surface area contributed by atoms with Gasteiger partial charge in [0.05, 0.1) is 6.54 Å². The van der Waals surface area contributed by atoms with Crippen LogP contribution < -0.4 is 4.31 Å². The van der Waals surface area contributed by atoms with E-state index in [1.165, 1.54) is 5.56 Å². The van der Waals surface area contributed by atoms with Crippen molar-refractivity contribution in [1.29, 1.82) is 0 Å². The number of rotatable bonds is 12. The molecule has 0 spiro atoms. The normalized spacial score (nSPS) is 14.6. The lowest BCUT2D eigenvalue weighted by Gasteiger charge is -2.35. The smallest absolute Gasteiger partial charge is 0.314 e. The Bertz CT molecular complexity index is 1270. The molecule has 0 saturated carbocycles. The summed E-state index contributed by atoms with van der Waals surface area (Å²) in [5.41, 5.74) is 4.29. The summed E-state index contributed by atoms with van der Waals surface area (Å²) in [5.74, 6) is 0.440. The van der Waals surface area contributed by atoms with Crippen LogP contribution in [0.1, 0.15) is 23.4 Å². The lowest BCUT2D eigenvalue weighted by Crippen LogP contribution is -2.47. The molecule has 204 valence electrons. The van der Waals surface area contributed by atoms with Gasteiger partial charge in [0, 0.05) is 56.3 Å². The molecule has 2 heterocycles. The van der Waals surface area contributed by atoms with Crippen molar-refractivity contribution in [3.8, 4) is 11.5 Å². The number of anilines is 1. The Balaban J connectivity index is 1.11. The maximum Gasteiger partial charge on any atom is 0.314 e. The van der Waals surface area contributed by atoms with E-state index in [-0.39, 0.29) is 5.89 Å². The second-order valence-electron chi connectivity index (χ2n) is 9.57. The summed E-state index contributed by atoms with van der Waals surface area (Å²) in [7, 11) is 0. The zero-order valence-corrected chi connectivity index (χ0v) is 22.6. The van der Waals surface area contributed by atoms with Crippen LogP contribution in [-0.2, 0) is 13.0 Å². The number of benzene rings is 3. The Hall–Kier alpha value is -3.27. The quantitative estimate of drug-likeness (QED) is 0.195. The predicted octanol–water partition coefficient (Wildman–Crippen LogP) is 6.19. The van der Waals surface area contributed by atoms with Crippen LogP contribution in [0.5, 0.6) is 0 Å². The van der Waals surface area contributed by atoms with E-state index in [2.05, 4.69) is 78.9 Å². The monoisotopic (exact) mass is 549 g/mol. The van der Waals surface area contributed by atoms with Crippen molar-refractivity contribution in [2.75, 3.05) is 49.3 Å². The van der Waals surface area contributed by atoms with E-state index in [1.807, 2.05) is 42.3 Å². The number of hydrogen-bond donors (Lipinski definition) is 0. The summed E-state index contributed by atoms with van der Waals surface area (Å²) >= 11 is 1.83. The van der Waals surface area contributed by atoms with Crippen LogP contribution in [-0.4, -0.2) is 65.0 Å². The third-order valence-corrected chi connectivity index (χ3v) is 7.89. The lowest BCUT2D eigenvalue weighted by atomic mass is 10.1. The van der Waals surface area contributed by atoms with Gasteiger partial charge in [-0.2, -0.15) is 8.78 Å². The summed E-state index contributed by atoms with van der Waals surface area (Å²) in [4.78, 5) is 5.13. The number of para-hydroxylation sites is 1. The molecule has 1 saturated heterocycles. The molecule has 0 atom stereocenters. The van der Waals surface area contributed by atoms with Gasteiger partial charge in [-0.25, -0.2) is 0 Å². The molecule has 39 heavy (non-hydrogen) atoms. The molecule has 0 N–H and O–H groups in total. The van der Waals surface area contributed by atoms with Gasteiger partial charge in [0.1, 0.15) is 0 Å². The van der Waals surface area contributed by atoms with Gasteiger partial charge >= 0.3 is 6.43 Å². The summed E-state index contributed by atoms with van der Waals surface area (Å²) in [6.07, 6.45) is -1.67. The van der Waals surface area contributed by atoms with Gasteiger partial charge in [-0.15, -0.1) is 10.2 Å². The zero-order valence-electron chi connectivity index (χ0n) is 21.8. The van der Waals surface area contributed by atoms with Gasteiger partial charge in [0.15, 0.2) is 0 Å². The molecule has 1 fully saturated rings. The second kappa shape index (κ2) is 13.7. The molecule has 0 aliphatic carbocycles. The number of piperazine rings is 1. The van der Waals surface area contributed by atoms with Gasteiger partial charge in [-0.05, 0) is 53.8 Å². The molecule has 1 aromatic heterocycles. The molecule has 6 nitrogen and oxygen atoms in total. The van der Waals surface area contributed by atoms with E-state index < -0.39 is 12.3 Å². The zero-order chi connectivity index (χ0) is 26.9. The maximum atomic E-state index is 12.8. The first-order valence-electron chi connectivity index (χ1n) is 13.3. The molecular weight excluding hydrogens is 516 g/mol. The molecule has 3 aromatic carbocycles. The molecule has 0 radical (unpaired) electrons. The van der Waals surface area contributed by atoms with Crippen molar-refractivity contribution < 1.29 is 13.2 Å². The summed E-state index contributed by atoms with van der Waals surface area (Å²) in [5, 5.41) is 7.16. The number of aromatic nitrogens is 2. The summed E-state index contributed by atoms with van der Waals surface area (Å²) in [6.45, 7) is 7.32. The number of halogens is 2. The predicted molar refractivity (Wildman–Crippen MR) is 153 cm³/mol. The van der Waals surface area contributed by atoms with Gasteiger partial charge in [-0.3, -0.25) is 4.90 Å². The van der Waals surface area contributed by atoms with Crippen LogP contribution in [0, 0.1) is 0 Å². The molecule has 1 aliphatic rings. The minimum atomic E-state index is -2.77. The average Bonchev–Trinajstić information content (AvgIpc) is 3.49. The van der Waals surface area contributed by atoms with E-state index in [0.717, 1.165) is 62.7 Å². The van der Waals surface area contributed by atoms with Gasteiger partial charge in [-0.1, -0.05) is 60.7 Å². The molecule has 0 amide bonds. The van der Waals surface area contributed by atoms with Crippen molar-refractivity contribution in [1.82, 2.24) is 20.0 Å². The van der Waals surface area contributed by atoms with Crippen molar-refractivity contribution in [2.24, 2.45) is 0 Å². The highest BCUT2D eigenvalue weighted by molar-refractivity contribution is 8.00. The van der Waals surface area contributed by atoms with Gasteiger partial charge in [0.25, 0.3) is 5.89 Å². The summed E-state index contributed by atoms with van der Waals surface area (Å²) < 4.78 is 33.0. The van der Waals surface area contributed by atoms with E-state index in [9.17, 15) is 8.78 Å². The van der Waals surface area contributed by atoms with Crippen LogP contribution >= 0.6 is 11.9 Å². The SMILES string of the molecule is FC(F)c1nnc(-c2ccc(CN(SCCN3CCN(CCc4ccccc4)CC3)c3ccccc3)cc2)o1. The molecule has 4 aromatic rings. The first-order chi connectivity index (χ1) is 19.1. The van der Waals surface area contributed by atoms with Gasteiger partial charge in [0.2, 0.25) is 5.89 Å². The molecule has 5 rings (SSSR count). The highest BCUT2D eigenvalue weighted by Crippen LogP contribution is 2.27. The Morgan fingerprint density at radius 3 is 2.05 bits per heavy atom. The third-order valence-electron chi connectivity index (χ3n) is 6.88. The molecular formula is C30H33F2N5OS. The Morgan fingerprint density at radius 2 is 1.41 bits per heavy atom. The van der Waals surface area contributed by atoms with E-state index >= 15 is 0 Å². The Morgan fingerprint density at radius 1 is 0.769 bits per heavy atom. The largest absolute Gasteiger partial charge is 0.415 e. The topological polar surface area (TPSA) is 48.6 Å². The van der Waals surface area contributed by atoms with Gasteiger partial charge < -0.3 is 13.6 Å². The van der Waals surface area contributed by atoms with Crippen LogP contribution in [0.2, 0.25) is 0 Å². The number of hydrogen-bond acceptors (Lipinski definition) is 7. The van der Waals surface area contributed by atoms with Crippen LogP contribution in [0.25, 0.3) is 11.5 Å². The van der Waals surface area contributed by atoms with Crippen LogP contribution in [0.3, 0.4) is 0 Å². The number of nitrogens with zero attached hydrogens (tertiary/aromatic N) is 5. The third kappa shape index (κ3) is 7.88. The Kier molecular flexibility index (Phi) is 9.58. The summed E-state index contributed by atoms with van der Waals surface area (Å²) in [6, 6.07) is 28.7. The fraction of sp³-hybridized carbons (Fsp3) is 0.333. The number of alkyl halides is 2. The van der Waals surface area contributed by atoms with Crippen LogP contribution in [0.4, 0.5) is 14.5 Å². The fourth-order valence-electron chi connectivity index (χ4n) is 4.61. The van der Waals surface area contributed by atoms with E-state index in [0.29, 0.717) is 12.1 Å². The van der Waals surface area contributed by atoms with E-state index in [1.54, 1.807) is 0 Å². The lowest BCUT2D eigenvalue weighted by molar-refractivity contribution is 0.116. The van der Waals surface area contributed by atoms with Crippen LogP contribution in [0.15, 0.2) is 89.3 Å². The molecule has 0 unspecified atom stereocenters. The standard InChI is InChI=1S/C30H33F2N5OS/c31-28(32)30-34-33-29(38-30)26-13-11-25(12-14-26)23-37(27-9-5-2-6-10-27)39-22-21-36-19-17-35(18-20-36)16-15-24-7-3-1-4-8-24/h1-14,28H,15-23H2. The first kappa shape index (κ1) is 27.3. The minimum absolute atomic E-state index is 0.103. The first-order valence-corrected chi connectivity index (χ1v) is 14.2. The van der Waals surface area contributed by atoms with Crippen molar-refractivity contribution >= 4 is 17.6 Å². The average molecular weight is 550 g/mol. The highest BCUT2D eigenvalue weighted by Gasteiger charge is 2.18. The fourth-order valence-corrected chi connectivity index (χ4v) is 5.68.